The van der Waals surface area contributed by atoms with Gasteiger partial charge in [0.2, 0.25) is 0 Å². The minimum atomic E-state index is -1.89. The average molecular weight is 753 g/mol. The van der Waals surface area contributed by atoms with Crippen LogP contribution in [0.3, 0.4) is 0 Å². The Morgan fingerprint density at radius 2 is 1.43 bits per heavy atom. The molecular weight excluding hydrogens is 708 g/mol. The smallest absolute Gasteiger partial charge is 0.331 e. The summed E-state index contributed by atoms with van der Waals surface area (Å²) >= 11 is 0. The van der Waals surface area contributed by atoms with Crippen molar-refractivity contribution in [2.45, 2.75) is 92.9 Å². The predicted octanol–water partition coefficient (Wildman–Crippen LogP) is -1.79. The Morgan fingerprint density at radius 1 is 0.755 bits per heavy atom. The monoisotopic (exact) mass is 752 g/mol. The number of aromatic hydroxyl groups is 3. The fraction of sp³-hybridized carbons (Fsp3) is 0.514. The van der Waals surface area contributed by atoms with Crippen LogP contribution in [0.25, 0.3) is 12.2 Å². The highest BCUT2D eigenvalue weighted by Gasteiger charge is 2.53. The van der Waals surface area contributed by atoms with E-state index in [-0.39, 0.29) is 24.7 Å². The standard InChI is InChI=1S/C35H44O18/c1-16-30(52-33-27(44)25(42)22(40)15-48-33)26(43)28(45)35(49-16)53-32-29(46)34(47-12-2-3-17-4-8-19(37)9-5-17)50-23(14-36)31(32)51-24(41)11-7-18-6-10-20(38)21(39)13-18/h2-11,13,16,22-23,25-40,42-46H,12,14-15H2,1H3. The van der Waals surface area contributed by atoms with E-state index in [4.69, 9.17) is 33.2 Å². The Hall–Kier alpha value is -3.73. The van der Waals surface area contributed by atoms with Gasteiger partial charge in [0.15, 0.2) is 36.5 Å². The molecule has 14 atom stereocenters. The average Bonchev–Trinajstić information content (AvgIpc) is 3.13. The number of rotatable bonds is 12. The van der Waals surface area contributed by atoms with Gasteiger partial charge in [0.05, 0.1) is 25.9 Å². The van der Waals surface area contributed by atoms with E-state index in [1.165, 1.54) is 43.3 Å². The maximum Gasteiger partial charge on any atom is 0.331 e. The Labute approximate surface area is 302 Å². The van der Waals surface area contributed by atoms with E-state index in [1.54, 1.807) is 24.3 Å². The van der Waals surface area contributed by atoms with Gasteiger partial charge in [-0.1, -0.05) is 30.4 Å². The van der Waals surface area contributed by atoms with Crippen molar-refractivity contribution >= 4 is 18.1 Å². The first-order valence-corrected chi connectivity index (χ1v) is 16.7. The lowest BCUT2D eigenvalue weighted by Gasteiger charge is -2.47. The number of hydrogen-bond acceptors (Lipinski definition) is 18. The third-order valence-electron chi connectivity index (χ3n) is 8.83. The highest BCUT2D eigenvalue weighted by Crippen LogP contribution is 2.33. The molecule has 3 saturated heterocycles. The van der Waals surface area contributed by atoms with Gasteiger partial charge in [-0.3, -0.25) is 0 Å². The quantitative estimate of drug-likeness (QED) is 0.0651. The molecule has 5 rings (SSSR count). The molecule has 0 radical (unpaired) electrons. The van der Waals surface area contributed by atoms with Crippen molar-refractivity contribution in [2.75, 3.05) is 19.8 Å². The van der Waals surface area contributed by atoms with Crippen molar-refractivity contribution in [3.05, 3.63) is 65.7 Å². The molecule has 53 heavy (non-hydrogen) atoms. The molecular formula is C35H44O18. The zero-order chi connectivity index (χ0) is 38.4. The van der Waals surface area contributed by atoms with E-state index in [1.807, 2.05) is 0 Å². The summed E-state index contributed by atoms with van der Waals surface area (Å²) in [6, 6.07) is 10.1. The second-order valence-electron chi connectivity index (χ2n) is 12.7. The maximum atomic E-state index is 13.0. The lowest BCUT2D eigenvalue weighted by molar-refractivity contribution is -0.371. The van der Waals surface area contributed by atoms with Crippen LogP contribution in [0.15, 0.2) is 54.6 Å². The number of carbonyl (C=O) groups is 1. The van der Waals surface area contributed by atoms with E-state index in [0.29, 0.717) is 5.56 Å². The highest BCUT2D eigenvalue weighted by atomic mass is 16.8. The number of hydrogen-bond donors (Lipinski definition) is 10. The van der Waals surface area contributed by atoms with E-state index in [2.05, 4.69) is 0 Å². The third kappa shape index (κ3) is 9.88. The molecule has 18 heteroatoms. The van der Waals surface area contributed by atoms with Gasteiger partial charge in [0, 0.05) is 6.08 Å². The van der Waals surface area contributed by atoms with Crippen LogP contribution in [-0.2, 0) is 38.0 Å². The van der Waals surface area contributed by atoms with E-state index in [0.717, 1.165) is 11.6 Å². The summed E-state index contributed by atoms with van der Waals surface area (Å²) in [6.45, 7) is 0.156. The molecule has 0 aliphatic carbocycles. The molecule has 0 spiro atoms. The van der Waals surface area contributed by atoms with Crippen molar-refractivity contribution in [2.24, 2.45) is 0 Å². The predicted molar refractivity (Wildman–Crippen MR) is 177 cm³/mol. The van der Waals surface area contributed by atoms with Crippen molar-refractivity contribution < 1.29 is 89.0 Å². The molecule has 0 aromatic heterocycles. The minimum absolute atomic E-state index is 0.0817. The lowest BCUT2D eigenvalue weighted by atomic mass is 9.96. The molecule has 2 aromatic rings. The SMILES string of the molecule is CC1OC(OC2C(O)C(OCC=Cc3ccc(O)cc3)OC(CO)C2OC(=O)C=Cc2ccc(O)c(O)c2)C(O)C(O)C1OC1OCC(O)C(O)C1O. The minimum Gasteiger partial charge on any atom is -0.508 e. The third-order valence-corrected chi connectivity index (χ3v) is 8.83. The molecule has 18 nitrogen and oxygen atoms in total. The lowest BCUT2D eigenvalue weighted by Crippen LogP contribution is -2.66. The highest BCUT2D eigenvalue weighted by molar-refractivity contribution is 5.87. The van der Waals surface area contributed by atoms with Crippen LogP contribution < -0.4 is 0 Å². The van der Waals surface area contributed by atoms with Gasteiger partial charge in [-0.2, -0.15) is 0 Å². The molecule has 14 unspecified atom stereocenters. The van der Waals surface area contributed by atoms with Crippen molar-refractivity contribution in [3.8, 4) is 17.2 Å². The summed E-state index contributed by atoms with van der Waals surface area (Å²) in [5, 5.41) is 103. The number of carbonyl (C=O) groups excluding carboxylic acids is 1. The van der Waals surface area contributed by atoms with Crippen LogP contribution in [0.4, 0.5) is 0 Å². The number of phenols is 3. The molecule has 3 aliphatic heterocycles. The van der Waals surface area contributed by atoms with Crippen LogP contribution in [0.1, 0.15) is 18.1 Å². The van der Waals surface area contributed by atoms with E-state index in [9.17, 15) is 55.9 Å². The van der Waals surface area contributed by atoms with Gasteiger partial charge >= 0.3 is 5.97 Å². The molecule has 0 amide bonds. The number of benzene rings is 2. The van der Waals surface area contributed by atoms with Gasteiger partial charge < -0.3 is 84.2 Å². The first kappa shape index (κ1) is 40.5. The Balaban J connectivity index is 1.32. The maximum absolute atomic E-state index is 13.0. The topological polar surface area (TPSA) is 284 Å². The van der Waals surface area contributed by atoms with Gasteiger partial charge in [-0.15, -0.1) is 0 Å². The summed E-state index contributed by atoms with van der Waals surface area (Å²) in [5.74, 6) is -1.74. The number of phenolic OH excluding ortho intramolecular Hbond substituents is 3. The normalized spacial score (nSPS) is 36.5. The van der Waals surface area contributed by atoms with Crippen LogP contribution in [0, 0.1) is 0 Å². The zero-order valence-electron chi connectivity index (χ0n) is 28.3. The summed E-state index contributed by atoms with van der Waals surface area (Å²) in [4.78, 5) is 13.0. The molecule has 3 fully saturated rings. The summed E-state index contributed by atoms with van der Waals surface area (Å²) < 4.78 is 39.7. The van der Waals surface area contributed by atoms with Crippen molar-refractivity contribution in [3.63, 3.8) is 0 Å². The molecule has 0 saturated carbocycles. The molecule has 0 bridgehead atoms. The fourth-order valence-corrected chi connectivity index (χ4v) is 5.89. The molecule has 292 valence electrons. The van der Waals surface area contributed by atoms with Gasteiger partial charge in [0.25, 0.3) is 0 Å². The number of esters is 1. The van der Waals surface area contributed by atoms with Crippen LogP contribution >= 0.6 is 0 Å². The fourth-order valence-electron chi connectivity index (χ4n) is 5.89. The number of ether oxygens (including phenoxy) is 7. The molecule has 3 aliphatic rings. The van der Waals surface area contributed by atoms with E-state index >= 15 is 0 Å². The van der Waals surface area contributed by atoms with Gasteiger partial charge in [-0.05, 0) is 48.4 Å². The summed E-state index contributed by atoms with van der Waals surface area (Å²) in [6.07, 6.45) is -16.3. The second kappa shape index (κ2) is 18.1. The van der Waals surface area contributed by atoms with Gasteiger partial charge in [-0.25, -0.2) is 4.79 Å². The number of aliphatic hydroxyl groups is 7. The Bertz CT molecular complexity index is 1550. The second-order valence-corrected chi connectivity index (χ2v) is 12.7. The molecule has 10 N–H and O–H groups in total. The summed E-state index contributed by atoms with van der Waals surface area (Å²) in [7, 11) is 0. The van der Waals surface area contributed by atoms with Crippen LogP contribution in [0.2, 0.25) is 0 Å². The largest absolute Gasteiger partial charge is 0.508 e. The van der Waals surface area contributed by atoms with Gasteiger partial charge in [0.1, 0.15) is 60.7 Å². The van der Waals surface area contributed by atoms with Crippen molar-refractivity contribution in [1.82, 2.24) is 0 Å². The van der Waals surface area contributed by atoms with Crippen LogP contribution in [0.5, 0.6) is 17.2 Å². The Morgan fingerprint density at radius 3 is 2.13 bits per heavy atom. The number of aliphatic hydroxyl groups excluding tert-OH is 7. The van der Waals surface area contributed by atoms with E-state index < -0.39 is 104 Å². The zero-order valence-corrected chi connectivity index (χ0v) is 28.3. The van der Waals surface area contributed by atoms with Crippen LogP contribution in [-0.4, -0.2) is 163 Å². The first-order chi connectivity index (χ1) is 25.3. The molecule has 3 heterocycles. The first-order valence-electron chi connectivity index (χ1n) is 16.7. The Kier molecular flexibility index (Phi) is 13.8. The molecule has 2 aromatic carbocycles. The summed E-state index contributed by atoms with van der Waals surface area (Å²) in [5.41, 5.74) is 1.04. The van der Waals surface area contributed by atoms with Crippen molar-refractivity contribution in [1.29, 1.82) is 0 Å².